The zero-order valence-corrected chi connectivity index (χ0v) is 16.1. The number of imide groups is 1. The third kappa shape index (κ3) is 3.82. The molecule has 3 aliphatic heterocycles. The van der Waals surface area contributed by atoms with E-state index in [1.54, 1.807) is 0 Å². The number of carbonyl (C=O) groups is 3. The Morgan fingerprint density at radius 1 is 0.852 bits per heavy atom. The highest BCUT2D eigenvalue weighted by atomic mass is 16.2. The molecule has 3 fully saturated rings. The standard InChI is InChI=1S/C21H31N3O3/c25-19(23-11-5-1-2-6-12-23)16-9-13-22(14-10-16)15-24-20(26)17-7-3-4-8-18(17)21(24)27/h3-4,16-18H,1-2,5-15H2/t17-,18-/m1/s1. The van der Waals surface area contributed by atoms with Crippen LogP contribution in [0.25, 0.3) is 0 Å². The number of allylic oxidation sites excluding steroid dienone is 2. The van der Waals surface area contributed by atoms with Crippen LogP contribution in [0.5, 0.6) is 0 Å². The van der Waals surface area contributed by atoms with Crippen molar-refractivity contribution in [3.8, 4) is 0 Å². The Balaban J connectivity index is 1.29. The van der Waals surface area contributed by atoms with Crippen molar-refractivity contribution in [3.63, 3.8) is 0 Å². The van der Waals surface area contributed by atoms with E-state index in [0.29, 0.717) is 25.4 Å². The summed E-state index contributed by atoms with van der Waals surface area (Å²) in [6, 6.07) is 0. The smallest absolute Gasteiger partial charge is 0.234 e. The SMILES string of the molecule is O=C(C1CCN(CN2C(=O)[C@@H]3CC=CC[C@H]3C2=O)CC1)N1CCCCCC1. The van der Waals surface area contributed by atoms with Crippen molar-refractivity contribution < 1.29 is 14.4 Å². The molecule has 0 N–H and O–H groups in total. The molecule has 3 heterocycles. The zero-order chi connectivity index (χ0) is 18.8. The summed E-state index contributed by atoms with van der Waals surface area (Å²) in [5, 5.41) is 0. The Labute approximate surface area is 161 Å². The van der Waals surface area contributed by atoms with E-state index in [9.17, 15) is 14.4 Å². The number of carbonyl (C=O) groups excluding carboxylic acids is 3. The minimum absolute atomic E-state index is 0.00267. The Hall–Kier alpha value is -1.69. The maximum atomic E-state index is 12.8. The number of likely N-dealkylation sites (tertiary alicyclic amines) is 3. The summed E-state index contributed by atoms with van der Waals surface area (Å²) in [4.78, 5) is 43.8. The van der Waals surface area contributed by atoms with Crippen LogP contribution in [0, 0.1) is 17.8 Å². The van der Waals surface area contributed by atoms with E-state index >= 15 is 0 Å². The normalized spacial score (nSPS) is 30.5. The summed E-state index contributed by atoms with van der Waals surface area (Å²) in [5.41, 5.74) is 0. The molecule has 3 saturated heterocycles. The molecule has 4 rings (SSSR count). The summed E-state index contributed by atoms with van der Waals surface area (Å²) in [5.74, 6) is 0.127. The molecule has 0 unspecified atom stereocenters. The van der Waals surface area contributed by atoms with Gasteiger partial charge in [0.2, 0.25) is 17.7 Å². The average molecular weight is 373 g/mol. The van der Waals surface area contributed by atoms with Crippen LogP contribution in [0.2, 0.25) is 0 Å². The molecule has 3 amide bonds. The lowest BCUT2D eigenvalue weighted by atomic mass is 9.85. The third-order valence-electron chi connectivity index (χ3n) is 6.79. The van der Waals surface area contributed by atoms with Gasteiger partial charge in [-0.3, -0.25) is 24.2 Å². The molecule has 1 aliphatic carbocycles. The first-order chi connectivity index (χ1) is 13.1. The molecule has 4 aliphatic rings. The number of rotatable bonds is 3. The summed E-state index contributed by atoms with van der Waals surface area (Å²) >= 11 is 0. The largest absolute Gasteiger partial charge is 0.342 e. The van der Waals surface area contributed by atoms with Gasteiger partial charge in [-0.1, -0.05) is 25.0 Å². The van der Waals surface area contributed by atoms with Crippen molar-refractivity contribution >= 4 is 17.7 Å². The van der Waals surface area contributed by atoms with Crippen LogP contribution in [0.15, 0.2) is 12.2 Å². The molecule has 0 bridgehead atoms. The molecule has 6 nitrogen and oxygen atoms in total. The molecule has 0 aromatic rings. The second-order valence-electron chi connectivity index (χ2n) is 8.53. The molecule has 0 aromatic carbocycles. The van der Waals surface area contributed by atoms with Crippen LogP contribution in [-0.4, -0.2) is 65.3 Å². The predicted molar refractivity (Wildman–Crippen MR) is 101 cm³/mol. The molecule has 0 radical (unpaired) electrons. The Morgan fingerprint density at radius 3 is 1.96 bits per heavy atom. The van der Waals surface area contributed by atoms with Crippen molar-refractivity contribution in [1.29, 1.82) is 0 Å². The molecule has 0 spiro atoms. The first kappa shape index (κ1) is 18.7. The van der Waals surface area contributed by atoms with Crippen LogP contribution in [0.4, 0.5) is 0 Å². The van der Waals surface area contributed by atoms with E-state index in [0.717, 1.165) is 51.9 Å². The number of fused-ring (bicyclic) bond motifs is 1. The summed E-state index contributed by atoms with van der Waals surface area (Å²) in [6.45, 7) is 3.79. The minimum atomic E-state index is -0.148. The van der Waals surface area contributed by atoms with E-state index in [1.807, 2.05) is 12.2 Å². The Kier molecular flexibility index (Phi) is 5.62. The molecule has 0 saturated carbocycles. The topological polar surface area (TPSA) is 60.9 Å². The average Bonchev–Trinajstić information content (AvgIpc) is 2.91. The number of hydrogen-bond acceptors (Lipinski definition) is 4. The lowest BCUT2D eigenvalue weighted by molar-refractivity contribution is -0.144. The van der Waals surface area contributed by atoms with Crippen molar-refractivity contribution in [3.05, 3.63) is 12.2 Å². The van der Waals surface area contributed by atoms with E-state index in [1.165, 1.54) is 17.7 Å². The van der Waals surface area contributed by atoms with Crippen molar-refractivity contribution in [1.82, 2.24) is 14.7 Å². The van der Waals surface area contributed by atoms with Crippen molar-refractivity contribution in [2.45, 2.75) is 51.4 Å². The fourth-order valence-corrected chi connectivity index (χ4v) is 5.08. The molecular formula is C21H31N3O3. The number of hydrogen-bond donors (Lipinski definition) is 0. The van der Waals surface area contributed by atoms with Gasteiger partial charge in [0.25, 0.3) is 0 Å². The van der Waals surface area contributed by atoms with Gasteiger partial charge in [0.05, 0.1) is 18.5 Å². The Bertz CT molecular complexity index is 590. The van der Waals surface area contributed by atoms with Gasteiger partial charge < -0.3 is 4.90 Å². The van der Waals surface area contributed by atoms with Gasteiger partial charge in [0, 0.05) is 32.1 Å². The molecule has 2 atom stereocenters. The van der Waals surface area contributed by atoms with Gasteiger partial charge in [0.15, 0.2) is 0 Å². The monoisotopic (exact) mass is 373 g/mol. The van der Waals surface area contributed by atoms with Gasteiger partial charge in [-0.2, -0.15) is 0 Å². The minimum Gasteiger partial charge on any atom is -0.342 e. The van der Waals surface area contributed by atoms with E-state index in [2.05, 4.69) is 9.80 Å². The molecule has 0 aromatic heterocycles. The van der Waals surface area contributed by atoms with Gasteiger partial charge >= 0.3 is 0 Å². The first-order valence-corrected chi connectivity index (χ1v) is 10.7. The zero-order valence-electron chi connectivity index (χ0n) is 16.1. The number of piperidine rings is 1. The highest BCUT2D eigenvalue weighted by Gasteiger charge is 2.47. The highest BCUT2D eigenvalue weighted by Crippen LogP contribution is 2.35. The van der Waals surface area contributed by atoms with Crippen molar-refractivity contribution in [2.75, 3.05) is 32.8 Å². The second-order valence-corrected chi connectivity index (χ2v) is 8.53. The summed E-state index contributed by atoms with van der Waals surface area (Å²) in [6.07, 6.45) is 11.8. The van der Waals surface area contributed by atoms with Crippen LogP contribution >= 0.6 is 0 Å². The van der Waals surface area contributed by atoms with Gasteiger partial charge in [-0.25, -0.2) is 0 Å². The maximum Gasteiger partial charge on any atom is 0.234 e. The summed E-state index contributed by atoms with van der Waals surface area (Å²) in [7, 11) is 0. The second kappa shape index (κ2) is 8.13. The molecule has 6 heteroatoms. The quantitative estimate of drug-likeness (QED) is 0.561. The van der Waals surface area contributed by atoms with Gasteiger partial charge in [0.1, 0.15) is 0 Å². The number of amides is 3. The lowest BCUT2D eigenvalue weighted by Crippen LogP contribution is -2.47. The van der Waals surface area contributed by atoms with E-state index in [-0.39, 0.29) is 29.6 Å². The first-order valence-electron chi connectivity index (χ1n) is 10.7. The van der Waals surface area contributed by atoms with E-state index < -0.39 is 0 Å². The molecular weight excluding hydrogens is 342 g/mol. The van der Waals surface area contributed by atoms with Crippen LogP contribution in [0.1, 0.15) is 51.4 Å². The third-order valence-corrected chi connectivity index (χ3v) is 6.79. The maximum absolute atomic E-state index is 12.8. The highest BCUT2D eigenvalue weighted by molar-refractivity contribution is 6.05. The van der Waals surface area contributed by atoms with Crippen LogP contribution < -0.4 is 0 Å². The van der Waals surface area contributed by atoms with E-state index in [4.69, 9.17) is 0 Å². The summed E-state index contributed by atoms with van der Waals surface area (Å²) < 4.78 is 0. The molecule has 27 heavy (non-hydrogen) atoms. The number of nitrogens with zero attached hydrogens (tertiary/aromatic N) is 3. The van der Waals surface area contributed by atoms with Crippen molar-refractivity contribution in [2.24, 2.45) is 17.8 Å². The molecule has 148 valence electrons. The van der Waals surface area contributed by atoms with Crippen LogP contribution in [0.3, 0.4) is 0 Å². The fourth-order valence-electron chi connectivity index (χ4n) is 5.08. The van der Waals surface area contributed by atoms with Gasteiger partial charge in [-0.15, -0.1) is 0 Å². The predicted octanol–water partition coefficient (Wildman–Crippen LogP) is 2.01. The van der Waals surface area contributed by atoms with Crippen LogP contribution in [-0.2, 0) is 14.4 Å². The fraction of sp³-hybridized carbons (Fsp3) is 0.762. The van der Waals surface area contributed by atoms with Gasteiger partial charge in [-0.05, 0) is 38.5 Å². The lowest BCUT2D eigenvalue weighted by Gasteiger charge is -2.35. The Morgan fingerprint density at radius 2 is 1.41 bits per heavy atom.